The highest BCUT2D eigenvalue weighted by Gasteiger charge is 2.18. The minimum Gasteiger partial charge on any atom is -0.406 e. The Morgan fingerprint density at radius 3 is 2.62 bits per heavy atom. The number of rotatable bonds is 5. The topological polar surface area (TPSA) is 90.8 Å². The van der Waals surface area contributed by atoms with Crippen LogP contribution < -0.4 is 10.2 Å². The Hall–Kier alpha value is -2.62. The molecular formula is C17H20FN5O3. The molecule has 1 fully saturated rings. The molecule has 1 aliphatic heterocycles. The number of benzene rings is 1. The molecule has 1 aromatic heterocycles. The van der Waals surface area contributed by atoms with Gasteiger partial charge < -0.3 is 9.84 Å². The second-order valence-corrected chi connectivity index (χ2v) is 5.81. The molecular weight excluding hydrogens is 341 g/mol. The SMILES string of the molecule is O=C(NN1CCN(CCO)CC1)Oc1cnc(-c2cccc(F)c2)nc1. The number of hydrogen-bond acceptors (Lipinski definition) is 7. The van der Waals surface area contributed by atoms with E-state index in [9.17, 15) is 9.18 Å². The van der Waals surface area contributed by atoms with Crippen molar-refractivity contribution in [2.24, 2.45) is 0 Å². The summed E-state index contributed by atoms with van der Waals surface area (Å²) in [6.45, 7) is 3.56. The van der Waals surface area contributed by atoms with Crippen LogP contribution in [0.25, 0.3) is 11.4 Å². The summed E-state index contributed by atoms with van der Waals surface area (Å²) in [6.07, 6.45) is 2.11. The Bertz CT molecular complexity index is 735. The van der Waals surface area contributed by atoms with E-state index in [1.807, 2.05) is 0 Å². The average molecular weight is 361 g/mol. The second kappa shape index (κ2) is 8.65. The molecule has 1 aliphatic rings. The van der Waals surface area contributed by atoms with Crippen LogP contribution in [0, 0.1) is 5.82 Å². The number of hydrazine groups is 1. The monoisotopic (exact) mass is 361 g/mol. The van der Waals surface area contributed by atoms with Gasteiger partial charge in [0.05, 0.1) is 19.0 Å². The van der Waals surface area contributed by atoms with E-state index >= 15 is 0 Å². The van der Waals surface area contributed by atoms with Crippen molar-refractivity contribution in [3.63, 3.8) is 0 Å². The molecule has 0 spiro atoms. The zero-order valence-corrected chi connectivity index (χ0v) is 14.1. The van der Waals surface area contributed by atoms with Gasteiger partial charge in [-0.3, -0.25) is 10.3 Å². The number of aliphatic hydroxyl groups is 1. The molecule has 0 aliphatic carbocycles. The van der Waals surface area contributed by atoms with Gasteiger partial charge in [-0.2, -0.15) is 0 Å². The molecule has 8 nitrogen and oxygen atoms in total. The number of halogens is 1. The number of hydrogen-bond donors (Lipinski definition) is 2. The summed E-state index contributed by atoms with van der Waals surface area (Å²) >= 11 is 0. The first kappa shape index (κ1) is 18.2. The standard InChI is InChI=1S/C17H20FN5O3/c18-14-3-1-2-13(10-14)16-19-11-15(12-20-16)26-17(25)21-23-6-4-22(5-7-23)8-9-24/h1-3,10-12,24H,4-9H2,(H,21,25). The molecule has 0 unspecified atom stereocenters. The van der Waals surface area contributed by atoms with E-state index in [1.54, 1.807) is 17.1 Å². The van der Waals surface area contributed by atoms with Gasteiger partial charge in [-0.1, -0.05) is 12.1 Å². The summed E-state index contributed by atoms with van der Waals surface area (Å²) in [5, 5.41) is 10.7. The fourth-order valence-electron chi connectivity index (χ4n) is 2.63. The van der Waals surface area contributed by atoms with Gasteiger partial charge in [-0.15, -0.1) is 0 Å². The Kier molecular flexibility index (Phi) is 6.05. The Morgan fingerprint density at radius 2 is 1.96 bits per heavy atom. The van der Waals surface area contributed by atoms with Crippen LogP contribution in [0.1, 0.15) is 0 Å². The first-order chi connectivity index (χ1) is 12.6. The highest BCUT2D eigenvalue weighted by atomic mass is 19.1. The molecule has 9 heteroatoms. The van der Waals surface area contributed by atoms with E-state index in [0.29, 0.717) is 31.0 Å². The summed E-state index contributed by atoms with van der Waals surface area (Å²) < 4.78 is 18.4. The van der Waals surface area contributed by atoms with E-state index in [0.717, 1.165) is 13.1 Å². The van der Waals surface area contributed by atoms with Crippen molar-refractivity contribution < 1.29 is 19.0 Å². The van der Waals surface area contributed by atoms with Crippen LogP contribution in [-0.2, 0) is 0 Å². The van der Waals surface area contributed by atoms with E-state index in [2.05, 4.69) is 20.3 Å². The van der Waals surface area contributed by atoms with Crippen LogP contribution >= 0.6 is 0 Å². The maximum absolute atomic E-state index is 13.2. The third-order valence-corrected chi connectivity index (χ3v) is 3.96. The van der Waals surface area contributed by atoms with Gasteiger partial charge in [0, 0.05) is 38.3 Å². The lowest BCUT2D eigenvalue weighted by molar-refractivity contribution is 0.0766. The number of aromatic nitrogens is 2. The predicted molar refractivity (Wildman–Crippen MR) is 91.7 cm³/mol. The molecule has 2 N–H and O–H groups in total. The molecule has 0 radical (unpaired) electrons. The summed E-state index contributed by atoms with van der Waals surface area (Å²) in [4.78, 5) is 22.3. The minimum absolute atomic E-state index is 0.126. The molecule has 0 atom stereocenters. The molecule has 0 saturated carbocycles. The van der Waals surface area contributed by atoms with E-state index in [-0.39, 0.29) is 18.2 Å². The lowest BCUT2D eigenvalue weighted by Gasteiger charge is -2.33. The lowest BCUT2D eigenvalue weighted by Crippen LogP contribution is -2.54. The zero-order valence-electron chi connectivity index (χ0n) is 14.1. The van der Waals surface area contributed by atoms with Gasteiger partial charge in [-0.25, -0.2) is 24.2 Å². The van der Waals surface area contributed by atoms with Gasteiger partial charge in [0.25, 0.3) is 0 Å². The van der Waals surface area contributed by atoms with Crippen LogP contribution in [0.2, 0.25) is 0 Å². The van der Waals surface area contributed by atoms with Crippen LogP contribution in [0.5, 0.6) is 5.75 Å². The highest BCUT2D eigenvalue weighted by Crippen LogP contribution is 2.17. The number of nitrogens with one attached hydrogen (secondary N) is 1. The average Bonchev–Trinajstić information content (AvgIpc) is 2.64. The van der Waals surface area contributed by atoms with E-state index in [4.69, 9.17) is 9.84 Å². The molecule has 2 aromatic rings. The normalized spacial score (nSPS) is 15.6. The van der Waals surface area contributed by atoms with E-state index < -0.39 is 6.09 Å². The molecule has 1 saturated heterocycles. The third kappa shape index (κ3) is 4.94. The highest BCUT2D eigenvalue weighted by molar-refractivity contribution is 5.69. The summed E-state index contributed by atoms with van der Waals surface area (Å²) in [5.41, 5.74) is 3.20. The van der Waals surface area contributed by atoms with Gasteiger partial charge in [-0.05, 0) is 12.1 Å². The van der Waals surface area contributed by atoms with Crippen molar-refractivity contribution in [1.82, 2.24) is 25.3 Å². The Labute approximate surface area is 150 Å². The Balaban J connectivity index is 1.50. The van der Waals surface area contributed by atoms with Crippen molar-refractivity contribution in [3.05, 3.63) is 42.5 Å². The smallest absolute Gasteiger partial charge is 0.406 e. The number of ether oxygens (including phenoxy) is 1. The summed E-state index contributed by atoms with van der Waals surface area (Å²) in [5.74, 6) is 0.170. The molecule has 138 valence electrons. The minimum atomic E-state index is -0.622. The maximum Gasteiger partial charge on any atom is 0.427 e. The molecule has 26 heavy (non-hydrogen) atoms. The number of nitrogens with zero attached hydrogens (tertiary/aromatic N) is 4. The Morgan fingerprint density at radius 1 is 1.23 bits per heavy atom. The molecule has 3 rings (SSSR count). The number of aliphatic hydroxyl groups excluding tert-OH is 1. The maximum atomic E-state index is 13.2. The summed E-state index contributed by atoms with van der Waals surface area (Å²) in [6, 6.07) is 5.95. The predicted octanol–water partition coefficient (Wildman–Crippen LogP) is 0.896. The fraction of sp³-hybridized carbons (Fsp3) is 0.353. The van der Waals surface area contributed by atoms with Gasteiger partial charge >= 0.3 is 6.09 Å². The lowest BCUT2D eigenvalue weighted by atomic mass is 10.2. The third-order valence-electron chi connectivity index (χ3n) is 3.96. The molecule has 2 heterocycles. The first-order valence-corrected chi connectivity index (χ1v) is 8.28. The quantitative estimate of drug-likeness (QED) is 0.817. The second-order valence-electron chi connectivity index (χ2n) is 5.81. The van der Waals surface area contributed by atoms with Crippen molar-refractivity contribution in [3.8, 4) is 17.1 Å². The summed E-state index contributed by atoms with van der Waals surface area (Å²) in [7, 11) is 0. The number of carbonyl (C=O) groups excluding carboxylic acids is 1. The van der Waals surface area contributed by atoms with Gasteiger partial charge in [0.1, 0.15) is 5.82 Å². The van der Waals surface area contributed by atoms with Crippen molar-refractivity contribution in [2.45, 2.75) is 0 Å². The number of amides is 1. The largest absolute Gasteiger partial charge is 0.427 e. The van der Waals surface area contributed by atoms with Crippen molar-refractivity contribution >= 4 is 6.09 Å². The van der Waals surface area contributed by atoms with Crippen LogP contribution in [0.4, 0.5) is 9.18 Å². The zero-order chi connectivity index (χ0) is 18.4. The van der Waals surface area contributed by atoms with Crippen LogP contribution in [0.15, 0.2) is 36.7 Å². The van der Waals surface area contributed by atoms with Gasteiger partial charge in [0.15, 0.2) is 11.6 Å². The van der Waals surface area contributed by atoms with Crippen molar-refractivity contribution in [2.75, 3.05) is 39.3 Å². The van der Waals surface area contributed by atoms with Crippen LogP contribution in [-0.4, -0.2) is 70.4 Å². The molecule has 0 bridgehead atoms. The molecule has 1 aromatic carbocycles. The number of carbonyl (C=O) groups is 1. The van der Waals surface area contributed by atoms with Crippen LogP contribution in [0.3, 0.4) is 0 Å². The number of β-amino-alcohol motifs (C(OH)–C–C–N with tert-alkyl or cyclic N) is 1. The first-order valence-electron chi connectivity index (χ1n) is 8.28. The molecule has 1 amide bonds. The van der Waals surface area contributed by atoms with Crippen molar-refractivity contribution in [1.29, 1.82) is 0 Å². The van der Waals surface area contributed by atoms with Gasteiger partial charge in [0.2, 0.25) is 0 Å². The van der Waals surface area contributed by atoms with E-state index in [1.165, 1.54) is 24.5 Å². The fourth-order valence-corrected chi connectivity index (χ4v) is 2.63. The number of piperazine rings is 1.